The van der Waals surface area contributed by atoms with E-state index in [2.05, 4.69) is 248 Å². The number of hydrogen-bond donors (Lipinski definition) is 6. The van der Waals surface area contributed by atoms with Crippen LogP contribution >= 0.6 is 0 Å². The third-order valence-electron chi connectivity index (χ3n) is 29.0. The van der Waals surface area contributed by atoms with Gasteiger partial charge >= 0.3 is 0 Å². The second-order valence-electron chi connectivity index (χ2n) is 36.8. The van der Waals surface area contributed by atoms with Crippen LogP contribution in [-0.4, -0.2) is 66.4 Å². The molecule has 4 bridgehead atoms. The molecule has 7 heterocycles. The molecule has 5 saturated carbocycles. The largest absolute Gasteiger partial charge is 0.357 e. The van der Waals surface area contributed by atoms with Gasteiger partial charge in [0.25, 0.3) is 0 Å². The summed E-state index contributed by atoms with van der Waals surface area (Å²) < 4.78 is 5.13. The van der Waals surface area contributed by atoms with Crippen LogP contribution in [0.1, 0.15) is 260 Å². The normalized spacial score (nSPS) is 24.7. The van der Waals surface area contributed by atoms with Crippen molar-refractivity contribution in [3.05, 3.63) is 247 Å². The summed E-state index contributed by atoms with van der Waals surface area (Å²) in [6.07, 6.45) is 35.1. The van der Waals surface area contributed by atoms with Gasteiger partial charge in [-0.05, 0) is 299 Å². The molecule has 12 aliphatic rings. The lowest BCUT2D eigenvalue weighted by Gasteiger charge is -2.57. The fraction of sp³-hybridized carbons (Fsp3) is 0.475. The molecule has 7 aromatic carbocycles. The summed E-state index contributed by atoms with van der Waals surface area (Å²) in [5, 5.41) is 25.5. The van der Waals surface area contributed by atoms with Crippen LogP contribution in [0.5, 0.6) is 0 Å². The first kappa shape index (κ1) is 73.7. The van der Waals surface area contributed by atoms with Gasteiger partial charge in [0.05, 0.1) is 18.6 Å². The van der Waals surface area contributed by atoms with Crippen LogP contribution in [0, 0.1) is 57.8 Å². The molecule has 5 aromatic heterocycles. The maximum absolute atomic E-state index is 4.23. The Kier molecular flexibility index (Phi) is 20.9. The van der Waals surface area contributed by atoms with E-state index in [4.69, 9.17) is 0 Å². The van der Waals surface area contributed by atoms with E-state index in [-0.39, 0.29) is 0 Å². The van der Waals surface area contributed by atoms with Gasteiger partial charge in [0.15, 0.2) is 0 Å². The molecule has 0 radical (unpaired) electrons. The Morgan fingerprint density at radius 2 is 0.884 bits per heavy atom. The highest BCUT2D eigenvalue weighted by molar-refractivity contribution is 5.90. The summed E-state index contributed by atoms with van der Waals surface area (Å²) in [6, 6.07) is 59.4. The third-order valence-corrected chi connectivity index (χ3v) is 29.0. The van der Waals surface area contributed by atoms with Crippen molar-refractivity contribution < 1.29 is 0 Å². The van der Waals surface area contributed by atoms with Gasteiger partial charge < -0.3 is 40.0 Å². The van der Waals surface area contributed by atoms with Crippen molar-refractivity contribution in [1.29, 1.82) is 0 Å². The monoisotopic (exact) mass is 1490 g/mol. The lowest BCUT2D eigenvalue weighted by Crippen LogP contribution is -2.51. The first-order valence-corrected chi connectivity index (χ1v) is 44.2. The van der Waals surface area contributed by atoms with Crippen molar-refractivity contribution in [2.75, 3.05) is 19.6 Å². The molecule has 11 heteroatoms. The number of aromatic amines is 3. The summed E-state index contributed by atoms with van der Waals surface area (Å²) in [6.45, 7) is 22.2. The lowest BCUT2D eigenvalue weighted by atomic mass is 9.49. The van der Waals surface area contributed by atoms with Crippen molar-refractivity contribution in [3.8, 4) is 0 Å². The van der Waals surface area contributed by atoms with Crippen LogP contribution in [0.15, 0.2) is 157 Å². The van der Waals surface area contributed by atoms with E-state index in [1.807, 2.05) is 0 Å². The van der Waals surface area contributed by atoms with Crippen LogP contribution < -0.4 is 16.0 Å². The van der Waals surface area contributed by atoms with E-state index >= 15 is 0 Å². The van der Waals surface area contributed by atoms with E-state index in [0.717, 1.165) is 63.1 Å². The van der Waals surface area contributed by atoms with Gasteiger partial charge in [0.2, 0.25) is 0 Å². The maximum atomic E-state index is 4.23. The predicted octanol–water partition coefficient (Wildman–Crippen LogP) is 23.2. The number of nitrogens with one attached hydrogen (secondary N) is 6. The molecular formula is C101H123N11. The third kappa shape index (κ3) is 14.7. The molecule has 24 rings (SSSR count). The number of rotatable bonds is 11. The minimum atomic E-state index is 0.438. The van der Waals surface area contributed by atoms with Gasteiger partial charge in [-0.15, -0.1) is 0 Å². The number of hydrazone groups is 1. The highest BCUT2D eigenvalue weighted by atomic mass is 15.5. The summed E-state index contributed by atoms with van der Waals surface area (Å²) in [5.74, 6) is 3.17. The Labute approximate surface area is 666 Å². The molecule has 5 fully saturated rings. The highest BCUT2D eigenvalue weighted by Crippen LogP contribution is 2.60. The van der Waals surface area contributed by atoms with Crippen molar-refractivity contribution in [2.45, 2.75) is 264 Å². The second-order valence-corrected chi connectivity index (χ2v) is 36.8. The Balaban J connectivity index is 0.0000000947. The Bertz CT molecular complexity index is 5290. The molecule has 11 nitrogen and oxygen atoms in total. The van der Waals surface area contributed by atoms with Gasteiger partial charge in [0, 0.05) is 153 Å². The first-order valence-electron chi connectivity index (χ1n) is 44.2. The second kappa shape index (κ2) is 31.7. The standard InChI is InChI=1S/C24H32N2.C21H22N2.C21H24N2.C19H26N2.C16H19N3/c1-15-5-6-21-20(7-15)19-3-2-4-22(23(19)26-21)25-14-24-11-16-8-17(12-24)10-18(9-16)13-24;1-2-7-16(8-3-1)15-22-13-14-23-19-11-5-4-9-17(19)18-10-6-12-20(22)21(18)23;1-14-6-9-16(10-7-14)13-22-20-5-3-4-17-18-12-15(2)8-11-19(18)23-21(17)20;1-13-10-11-17-16(12-13)15-8-5-9-18(19(15)21-17)20-14-6-3-2-4-7-14;1-11-6-7-14-13(10-11)12-4-3-5-15-16(12)18(14)8-9-19(15)17-2/h5-7,16-18,22,25-26H,2-4,8-14H2,1H3;1-5,7-9,11,20H,6,10,12-15H2;6-12,20,22-23H,3-5,13H2,1-2H3;10-12,14,18,20-21H,2-9H2,1H3;6-7,10,15H,2-5,8-9H2,1H3. The number of benzene rings is 7. The number of aromatic nitrogens is 5. The molecule has 5 unspecified atom stereocenters. The maximum Gasteiger partial charge on any atom is 0.0874 e. The number of nitrogens with zero attached hydrogens (tertiary/aromatic N) is 5. The van der Waals surface area contributed by atoms with Gasteiger partial charge in [-0.2, -0.15) is 5.10 Å². The van der Waals surface area contributed by atoms with Crippen molar-refractivity contribution in [3.63, 3.8) is 0 Å². The van der Waals surface area contributed by atoms with Gasteiger partial charge in [-0.3, -0.25) is 9.91 Å². The van der Waals surface area contributed by atoms with Gasteiger partial charge in [-0.25, -0.2) is 0 Å². The minimum absolute atomic E-state index is 0.438. The number of hydrogen-bond acceptors (Lipinski definition) is 6. The molecule has 0 spiro atoms. The van der Waals surface area contributed by atoms with Gasteiger partial charge in [0.1, 0.15) is 0 Å². The smallest absolute Gasteiger partial charge is 0.0874 e. The molecule has 112 heavy (non-hydrogen) atoms. The van der Waals surface area contributed by atoms with Crippen LogP contribution in [0.25, 0.3) is 54.5 Å². The molecular weight excluding hydrogens is 1370 g/mol. The molecule has 582 valence electrons. The average molecular weight is 1490 g/mol. The summed E-state index contributed by atoms with van der Waals surface area (Å²) in [4.78, 5) is 13.9. The van der Waals surface area contributed by atoms with Crippen molar-refractivity contribution >= 4 is 61.2 Å². The molecule has 2 aliphatic heterocycles. The fourth-order valence-corrected chi connectivity index (χ4v) is 24.2. The van der Waals surface area contributed by atoms with Crippen molar-refractivity contribution in [1.82, 2.24) is 49.9 Å². The molecule has 0 amide bonds. The fourth-order valence-electron chi connectivity index (χ4n) is 24.2. The topological polar surface area (TPSA) is 112 Å². The zero-order chi connectivity index (χ0) is 75.6. The number of aryl methyl sites for hydroxylation is 10. The molecule has 0 saturated heterocycles. The SMILES string of the molecule is C=NN1CCn2c3c(c4cc(C)ccc42)CCCC31.Cc1ccc(CNC2CCCc3c2[nH]c2ccc(C)cc32)cc1.Cc1ccc2[nH]c3c(c2c1)CCCC3NC1CCCCC1.Cc1ccc2[nH]c3c(c2c1)CCCC3NCC12CC3CC(CC(C3)C1)C2.c1ccc(CN2CCn3c4c(c5ccccc53)CCCC42)cc1. The van der Waals surface area contributed by atoms with E-state index in [0.29, 0.717) is 35.6 Å². The Morgan fingerprint density at radius 3 is 1.48 bits per heavy atom. The van der Waals surface area contributed by atoms with Crippen molar-refractivity contribution in [2.24, 2.45) is 28.3 Å². The van der Waals surface area contributed by atoms with Crippen LogP contribution in [0.3, 0.4) is 0 Å². The molecule has 5 atom stereocenters. The van der Waals surface area contributed by atoms with Crippen LogP contribution in [0.2, 0.25) is 0 Å². The number of H-pyrrole nitrogens is 3. The number of fused-ring (bicyclic) bond motifs is 15. The van der Waals surface area contributed by atoms with E-state index in [1.54, 1.807) is 47.2 Å². The van der Waals surface area contributed by atoms with E-state index in [9.17, 15) is 0 Å². The zero-order valence-electron chi connectivity index (χ0n) is 67.9. The zero-order valence-corrected chi connectivity index (χ0v) is 67.9. The van der Waals surface area contributed by atoms with E-state index in [1.165, 1.54) is 276 Å². The molecule has 10 aliphatic carbocycles. The Morgan fingerprint density at radius 1 is 0.411 bits per heavy atom. The highest BCUT2D eigenvalue weighted by Gasteiger charge is 2.51. The molecule has 12 aromatic rings. The summed E-state index contributed by atoms with van der Waals surface area (Å²) >= 11 is 0. The minimum Gasteiger partial charge on any atom is -0.357 e. The van der Waals surface area contributed by atoms with Crippen LogP contribution in [0.4, 0.5) is 0 Å². The summed E-state index contributed by atoms with van der Waals surface area (Å²) in [7, 11) is 0. The average Bonchev–Trinajstić information content (AvgIpc) is 1.48. The molecule has 6 N–H and O–H groups in total. The first-order chi connectivity index (χ1) is 54.9. The Hall–Kier alpha value is -8.45. The lowest BCUT2D eigenvalue weighted by molar-refractivity contribution is -0.0527. The number of para-hydroxylation sites is 1. The van der Waals surface area contributed by atoms with Crippen LogP contribution in [-0.2, 0) is 58.3 Å². The summed E-state index contributed by atoms with van der Waals surface area (Å²) in [5.41, 5.74) is 32.4. The van der Waals surface area contributed by atoms with E-state index < -0.39 is 0 Å². The predicted molar refractivity (Wildman–Crippen MR) is 466 cm³/mol. The quantitative estimate of drug-likeness (QED) is 0.0723. The van der Waals surface area contributed by atoms with Gasteiger partial charge in [-0.1, -0.05) is 144 Å².